The van der Waals surface area contributed by atoms with Gasteiger partial charge in [-0.05, 0) is 30.9 Å². The van der Waals surface area contributed by atoms with Crippen LogP contribution in [-0.4, -0.2) is 19.1 Å². The van der Waals surface area contributed by atoms with Gasteiger partial charge >= 0.3 is 0 Å². The van der Waals surface area contributed by atoms with Crippen molar-refractivity contribution in [1.82, 2.24) is 5.32 Å². The van der Waals surface area contributed by atoms with Gasteiger partial charge in [0.25, 0.3) is 0 Å². The second kappa shape index (κ2) is 4.06. The number of rotatable bonds is 1. The predicted octanol–water partition coefficient (Wildman–Crippen LogP) is 2.00. The Balaban J connectivity index is 2.02. The van der Waals surface area contributed by atoms with E-state index >= 15 is 0 Å². The van der Waals surface area contributed by atoms with Crippen LogP contribution < -0.4 is 10.1 Å². The fourth-order valence-electron chi connectivity index (χ4n) is 3.20. The van der Waals surface area contributed by atoms with E-state index < -0.39 is 0 Å². The van der Waals surface area contributed by atoms with Crippen molar-refractivity contribution in [1.29, 1.82) is 0 Å². The molecule has 17 heavy (non-hydrogen) atoms. The summed E-state index contributed by atoms with van der Waals surface area (Å²) in [4.78, 5) is 11.4. The summed E-state index contributed by atoms with van der Waals surface area (Å²) in [6.45, 7) is 0. The molecule has 2 aliphatic rings. The summed E-state index contributed by atoms with van der Waals surface area (Å²) in [6, 6.07) is 6.57. The van der Waals surface area contributed by atoms with Crippen LogP contribution in [0.25, 0.3) is 0 Å². The normalized spacial score (nSPS) is 26.8. The highest BCUT2D eigenvalue weighted by Crippen LogP contribution is 2.41. The maximum atomic E-state index is 11.4. The Bertz CT molecular complexity index is 441. The van der Waals surface area contributed by atoms with E-state index in [4.69, 9.17) is 4.74 Å². The lowest BCUT2D eigenvalue weighted by molar-refractivity contribution is -0.123. The molecule has 1 heterocycles. The van der Waals surface area contributed by atoms with Crippen molar-refractivity contribution in [2.24, 2.45) is 0 Å². The van der Waals surface area contributed by atoms with Crippen LogP contribution in [0, 0.1) is 0 Å². The van der Waals surface area contributed by atoms with Crippen LogP contribution >= 0.6 is 0 Å². The monoisotopic (exact) mass is 231 g/mol. The average molecular weight is 231 g/mol. The molecule has 0 aromatic heterocycles. The highest BCUT2D eigenvalue weighted by atomic mass is 16.5. The van der Waals surface area contributed by atoms with E-state index in [0.717, 1.165) is 25.0 Å². The molecule has 1 aromatic rings. The van der Waals surface area contributed by atoms with Gasteiger partial charge in [-0.25, -0.2) is 0 Å². The fraction of sp³-hybridized carbons (Fsp3) is 0.500. The molecule has 90 valence electrons. The number of hydrogen-bond donors (Lipinski definition) is 1. The van der Waals surface area contributed by atoms with E-state index in [-0.39, 0.29) is 5.91 Å². The highest BCUT2D eigenvalue weighted by molar-refractivity contribution is 5.77. The minimum Gasteiger partial charge on any atom is -0.496 e. The predicted molar refractivity (Wildman–Crippen MR) is 65.2 cm³/mol. The van der Waals surface area contributed by atoms with Crippen LogP contribution in [0.5, 0.6) is 5.75 Å². The molecule has 0 unspecified atom stereocenters. The zero-order chi connectivity index (χ0) is 11.8. The molecule has 0 spiro atoms. The number of aryl methyl sites for hydroxylation is 1. The first-order chi connectivity index (χ1) is 8.29. The lowest BCUT2D eigenvalue weighted by Crippen LogP contribution is -2.46. The number of amides is 1. The summed E-state index contributed by atoms with van der Waals surface area (Å²) in [6.07, 6.45) is 3.67. The first-order valence-electron chi connectivity index (χ1n) is 6.24. The second-order valence-corrected chi connectivity index (χ2v) is 4.89. The van der Waals surface area contributed by atoms with Crippen LogP contribution in [0.3, 0.4) is 0 Å². The van der Waals surface area contributed by atoms with Crippen LogP contribution in [0.4, 0.5) is 0 Å². The summed E-state index contributed by atoms with van der Waals surface area (Å²) < 4.78 is 5.48. The molecule has 1 amide bonds. The number of fused-ring (bicyclic) bond motifs is 3. The number of ether oxygens (including phenoxy) is 1. The average Bonchev–Trinajstić information content (AvgIpc) is 2.37. The first kappa shape index (κ1) is 10.6. The maximum Gasteiger partial charge on any atom is 0.220 e. The van der Waals surface area contributed by atoms with Gasteiger partial charge in [-0.2, -0.15) is 0 Å². The van der Waals surface area contributed by atoms with Crippen molar-refractivity contribution >= 4 is 5.91 Å². The molecule has 3 rings (SSSR count). The standard InChI is InChI=1S/C14H17NO2/c1-17-12-4-2-3-9-5-7-11-10(14(9)12)6-8-13(16)15-11/h2-4,10-11H,5-8H2,1H3,(H,15,16)/t10-,11-/m1/s1. The molecule has 0 bridgehead atoms. The molecular weight excluding hydrogens is 214 g/mol. The van der Waals surface area contributed by atoms with Crippen molar-refractivity contribution in [3.8, 4) is 5.75 Å². The molecule has 1 aromatic carbocycles. The second-order valence-electron chi connectivity index (χ2n) is 4.89. The molecular formula is C14H17NO2. The topological polar surface area (TPSA) is 38.3 Å². The van der Waals surface area contributed by atoms with Crippen molar-refractivity contribution in [3.05, 3.63) is 29.3 Å². The summed E-state index contributed by atoms with van der Waals surface area (Å²) in [5.74, 6) is 1.62. The van der Waals surface area contributed by atoms with Crippen LogP contribution in [0.15, 0.2) is 18.2 Å². The number of benzene rings is 1. The van der Waals surface area contributed by atoms with Crippen LogP contribution in [0.2, 0.25) is 0 Å². The van der Waals surface area contributed by atoms with E-state index in [1.165, 1.54) is 11.1 Å². The number of methoxy groups -OCH3 is 1. The van der Waals surface area contributed by atoms with E-state index in [9.17, 15) is 4.79 Å². The molecule has 1 N–H and O–H groups in total. The molecule has 2 atom stereocenters. The fourth-order valence-corrected chi connectivity index (χ4v) is 3.20. The Labute approximate surface area is 101 Å². The zero-order valence-electron chi connectivity index (χ0n) is 10.0. The minimum atomic E-state index is 0.199. The van der Waals surface area contributed by atoms with Gasteiger partial charge in [0, 0.05) is 23.9 Å². The zero-order valence-corrected chi connectivity index (χ0v) is 10.0. The van der Waals surface area contributed by atoms with Crippen molar-refractivity contribution in [2.45, 2.75) is 37.6 Å². The van der Waals surface area contributed by atoms with Crippen molar-refractivity contribution in [2.75, 3.05) is 7.11 Å². The molecule has 0 saturated carbocycles. The minimum absolute atomic E-state index is 0.199. The number of nitrogens with one attached hydrogen (secondary N) is 1. The molecule has 1 fully saturated rings. The molecule has 3 nitrogen and oxygen atoms in total. The lowest BCUT2D eigenvalue weighted by atomic mass is 9.74. The Morgan fingerprint density at radius 1 is 1.29 bits per heavy atom. The smallest absolute Gasteiger partial charge is 0.220 e. The SMILES string of the molecule is COc1cccc2c1[C@@H]1CCC(=O)N[C@@H]1CC2. The van der Waals surface area contributed by atoms with E-state index in [1.54, 1.807) is 7.11 Å². The van der Waals surface area contributed by atoms with E-state index in [0.29, 0.717) is 18.4 Å². The molecule has 1 aliphatic heterocycles. The number of carbonyl (C=O) groups excluding carboxylic acids is 1. The first-order valence-corrected chi connectivity index (χ1v) is 6.24. The van der Waals surface area contributed by atoms with Crippen LogP contribution in [-0.2, 0) is 11.2 Å². The number of hydrogen-bond acceptors (Lipinski definition) is 2. The largest absolute Gasteiger partial charge is 0.496 e. The van der Waals surface area contributed by atoms with Gasteiger partial charge in [-0.1, -0.05) is 12.1 Å². The summed E-state index contributed by atoms with van der Waals surface area (Å²) in [5.41, 5.74) is 2.72. The molecule has 1 saturated heterocycles. The Hall–Kier alpha value is -1.51. The Morgan fingerprint density at radius 2 is 2.18 bits per heavy atom. The van der Waals surface area contributed by atoms with Crippen molar-refractivity contribution in [3.63, 3.8) is 0 Å². The quantitative estimate of drug-likeness (QED) is 0.803. The van der Waals surface area contributed by atoms with Gasteiger partial charge < -0.3 is 10.1 Å². The summed E-state index contributed by atoms with van der Waals surface area (Å²) in [5, 5.41) is 3.12. The van der Waals surface area contributed by atoms with Gasteiger partial charge in [0.05, 0.1) is 7.11 Å². The lowest BCUT2D eigenvalue weighted by Gasteiger charge is -2.38. The molecule has 1 aliphatic carbocycles. The van der Waals surface area contributed by atoms with Gasteiger partial charge in [0.15, 0.2) is 0 Å². The Kier molecular flexibility index (Phi) is 2.54. The maximum absolute atomic E-state index is 11.4. The third kappa shape index (κ3) is 1.70. The number of carbonyl (C=O) groups is 1. The third-order valence-corrected chi connectivity index (χ3v) is 3.99. The van der Waals surface area contributed by atoms with Gasteiger partial charge in [-0.3, -0.25) is 4.79 Å². The summed E-state index contributed by atoms with van der Waals surface area (Å²) >= 11 is 0. The van der Waals surface area contributed by atoms with Gasteiger partial charge in [0.1, 0.15) is 5.75 Å². The van der Waals surface area contributed by atoms with Gasteiger partial charge in [-0.15, -0.1) is 0 Å². The molecule has 0 radical (unpaired) electrons. The Morgan fingerprint density at radius 3 is 3.00 bits per heavy atom. The van der Waals surface area contributed by atoms with Crippen molar-refractivity contribution < 1.29 is 9.53 Å². The van der Waals surface area contributed by atoms with E-state index in [1.807, 2.05) is 6.07 Å². The van der Waals surface area contributed by atoms with Gasteiger partial charge in [0.2, 0.25) is 5.91 Å². The highest BCUT2D eigenvalue weighted by Gasteiger charge is 2.35. The molecule has 3 heteroatoms. The van der Waals surface area contributed by atoms with E-state index in [2.05, 4.69) is 17.4 Å². The third-order valence-electron chi connectivity index (χ3n) is 3.99. The summed E-state index contributed by atoms with van der Waals surface area (Å²) in [7, 11) is 1.72. The number of piperidine rings is 1. The van der Waals surface area contributed by atoms with Crippen LogP contribution in [0.1, 0.15) is 36.3 Å².